The summed E-state index contributed by atoms with van der Waals surface area (Å²) in [7, 11) is 0. The van der Waals surface area contributed by atoms with E-state index in [4.69, 9.17) is 9.47 Å². The second-order valence-corrected chi connectivity index (χ2v) is 11.3. The molecule has 2 aliphatic rings. The molecule has 0 N–H and O–H groups in total. The number of ether oxygens (including phenoxy) is 2. The standard InChI is InChI=1S/C32H46O2/c1-25-7-11-27(12-8-25)5-3-23-33-31-19-15-29(16-20-31)30-17-21-32(22-18-30)34-24-4-6-28-13-9-26(2)10-14-28/h15-22,25-28H,3-14,23-24H2,1-2H3. The van der Waals surface area contributed by atoms with E-state index in [9.17, 15) is 0 Å². The lowest BCUT2D eigenvalue weighted by Gasteiger charge is -2.26. The second-order valence-electron chi connectivity index (χ2n) is 11.3. The molecule has 0 aromatic heterocycles. The molecule has 2 aromatic carbocycles. The van der Waals surface area contributed by atoms with Gasteiger partial charge in [-0.1, -0.05) is 89.5 Å². The molecule has 0 spiro atoms. The van der Waals surface area contributed by atoms with E-state index in [1.54, 1.807) is 0 Å². The van der Waals surface area contributed by atoms with E-state index < -0.39 is 0 Å². The van der Waals surface area contributed by atoms with E-state index >= 15 is 0 Å². The highest BCUT2D eigenvalue weighted by molar-refractivity contribution is 5.64. The van der Waals surface area contributed by atoms with Crippen LogP contribution in [0.5, 0.6) is 11.5 Å². The Morgan fingerprint density at radius 1 is 0.529 bits per heavy atom. The van der Waals surface area contributed by atoms with Gasteiger partial charge < -0.3 is 9.47 Å². The van der Waals surface area contributed by atoms with Crippen molar-refractivity contribution in [1.82, 2.24) is 0 Å². The third-order valence-electron chi connectivity index (χ3n) is 8.36. The SMILES string of the molecule is CC1CCC(CCCOc2ccc(-c3ccc(OCCCC4CCC(C)CC4)cc3)cc2)CC1. The lowest BCUT2D eigenvalue weighted by atomic mass is 9.81. The van der Waals surface area contributed by atoms with Gasteiger partial charge in [0.05, 0.1) is 13.2 Å². The summed E-state index contributed by atoms with van der Waals surface area (Å²) in [6, 6.07) is 17.1. The van der Waals surface area contributed by atoms with Crippen molar-refractivity contribution in [3.8, 4) is 22.6 Å². The van der Waals surface area contributed by atoms with Gasteiger partial charge in [-0.15, -0.1) is 0 Å². The lowest BCUT2D eigenvalue weighted by molar-refractivity contribution is 0.245. The summed E-state index contributed by atoms with van der Waals surface area (Å²) in [5.41, 5.74) is 2.45. The van der Waals surface area contributed by atoms with Gasteiger partial charge in [-0.05, 0) is 84.7 Å². The van der Waals surface area contributed by atoms with E-state index in [1.807, 2.05) is 0 Å². The van der Waals surface area contributed by atoms with Crippen LogP contribution in [0, 0.1) is 23.7 Å². The molecule has 0 saturated heterocycles. The van der Waals surface area contributed by atoms with Gasteiger partial charge in [0.25, 0.3) is 0 Å². The molecular formula is C32H46O2. The minimum absolute atomic E-state index is 0.831. The van der Waals surface area contributed by atoms with Gasteiger partial charge in [0.2, 0.25) is 0 Å². The molecule has 0 bridgehead atoms. The van der Waals surface area contributed by atoms with Crippen LogP contribution in [0.3, 0.4) is 0 Å². The van der Waals surface area contributed by atoms with Gasteiger partial charge in [0.1, 0.15) is 11.5 Å². The molecule has 0 amide bonds. The van der Waals surface area contributed by atoms with Crippen LogP contribution < -0.4 is 9.47 Å². The van der Waals surface area contributed by atoms with E-state index in [2.05, 4.69) is 62.4 Å². The Morgan fingerprint density at radius 2 is 0.882 bits per heavy atom. The molecule has 2 aromatic rings. The van der Waals surface area contributed by atoms with Crippen molar-refractivity contribution in [2.24, 2.45) is 23.7 Å². The summed E-state index contributed by atoms with van der Waals surface area (Å²) < 4.78 is 12.0. The summed E-state index contributed by atoms with van der Waals surface area (Å²) in [4.78, 5) is 0. The summed E-state index contributed by atoms with van der Waals surface area (Å²) in [5.74, 6) is 5.69. The van der Waals surface area contributed by atoms with Crippen LogP contribution >= 0.6 is 0 Å². The first kappa shape index (κ1) is 25.1. The van der Waals surface area contributed by atoms with E-state index in [0.29, 0.717) is 0 Å². The quantitative estimate of drug-likeness (QED) is 0.310. The fraction of sp³-hybridized carbons (Fsp3) is 0.625. The Balaban J connectivity index is 1.13. The van der Waals surface area contributed by atoms with Crippen molar-refractivity contribution in [2.45, 2.75) is 90.9 Å². The smallest absolute Gasteiger partial charge is 0.119 e. The van der Waals surface area contributed by atoms with E-state index in [0.717, 1.165) is 48.4 Å². The molecule has 2 saturated carbocycles. The lowest BCUT2D eigenvalue weighted by Crippen LogP contribution is -2.13. The van der Waals surface area contributed by atoms with Gasteiger partial charge in [-0.2, -0.15) is 0 Å². The predicted molar refractivity (Wildman–Crippen MR) is 144 cm³/mol. The predicted octanol–water partition coefficient (Wildman–Crippen LogP) is 9.32. The Morgan fingerprint density at radius 3 is 1.24 bits per heavy atom. The summed E-state index contributed by atoms with van der Waals surface area (Å²) in [6.45, 7) is 6.45. The Labute approximate surface area is 208 Å². The van der Waals surface area contributed by atoms with Crippen molar-refractivity contribution < 1.29 is 9.47 Å². The fourth-order valence-corrected chi connectivity index (χ4v) is 5.85. The average molecular weight is 463 g/mol. The van der Waals surface area contributed by atoms with Crippen molar-refractivity contribution in [1.29, 1.82) is 0 Å². The van der Waals surface area contributed by atoms with Crippen molar-refractivity contribution >= 4 is 0 Å². The normalized spacial score (nSPS) is 25.1. The number of rotatable bonds is 11. The highest BCUT2D eigenvalue weighted by atomic mass is 16.5. The first-order chi connectivity index (χ1) is 16.7. The van der Waals surface area contributed by atoms with Gasteiger partial charge in [-0.3, -0.25) is 0 Å². The highest BCUT2D eigenvalue weighted by Gasteiger charge is 2.18. The van der Waals surface area contributed by atoms with Crippen LogP contribution in [0.15, 0.2) is 48.5 Å². The highest BCUT2D eigenvalue weighted by Crippen LogP contribution is 2.32. The molecule has 0 aliphatic heterocycles. The molecule has 0 heterocycles. The van der Waals surface area contributed by atoms with Gasteiger partial charge in [0.15, 0.2) is 0 Å². The van der Waals surface area contributed by atoms with Crippen LogP contribution in [0.25, 0.3) is 11.1 Å². The molecule has 0 radical (unpaired) electrons. The van der Waals surface area contributed by atoms with E-state index in [-0.39, 0.29) is 0 Å². The van der Waals surface area contributed by atoms with Crippen LogP contribution in [0.1, 0.15) is 90.9 Å². The third-order valence-corrected chi connectivity index (χ3v) is 8.36. The van der Waals surface area contributed by atoms with Crippen molar-refractivity contribution in [3.63, 3.8) is 0 Å². The molecule has 186 valence electrons. The molecule has 0 unspecified atom stereocenters. The van der Waals surface area contributed by atoms with Crippen LogP contribution in [-0.2, 0) is 0 Å². The zero-order chi connectivity index (χ0) is 23.6. The maximum atomic E-state index is 6.01. The van der Waals surface area contributed by atoms with Gasteiger partial charge in [-0.25, -0.2) is 0 Å². The van der Waals surface area contributed by atoms with E-state index in [1.165, 1.54) is 88.2 Å². The van der Waals surface area contributed by atoms with Gasteiger partial charge in [0, 0.05) is 0 Å². The largest absolute Gasteiger partial charge is 0.494 e. The summed E-state index contributed by atoms with van der Waals surface area (Å²) in [6.07, 6.45) is 16.3. The first-order valence-corrected chi connectivity index (χ1v) is 14.1. The van der Waals surface area contributed by atoms with Crippen molar-refractivity contribution in [2.75, 3.05) is 13.2 Å². The fourth-order valence-electron chi connectivity index (χ4n) is 5.85. The maximum absolute atomic E-state index is 6.01. The molecule has 2 fully saturated rings. The molecule has 34 heavy (non-hydrogen) atoms. The minimum atomic E-state index is 0.831. The molecule has 2 nitrogen and oxygen atoms in total. The van der Waals surface area contributed by atoms with Crippen LogP contribution in [0.4, 0.5) is 0 Å². The molecule has 0 atom stereocenters. The van der Waals surface area contributed by atoms with Gasteiger partial charge >= 0.3 is 0 Å². The Kier molecular flexibility index (Phi) is 9.77. The number of hydrogen-bond acceptors (Lipinski definition) is 2. The minimum Gasteiger partial charge on any atom is -0.494 e. The number of benzene rings is 2. The second kappa shape index (κ2) is 13.2. The average Bonchev–Trinajstić information content (AvgIpc) is 2.87. The number of hydrogen-bond donors (Lipinski definition) is 0. The zero-order valence-corrected chi connectivity index (χ0v) is 21.6. The Bertz CT molecular complexity index is 738. The zero-order valence-electron chi connectivity index (χ0n) is 21.6. The summed E-state index contributed by atoms with van der Waals surface area (Å²) >= 11 is 0. The summed E-state index contributed by atoms with van der Waals surface area (Å²) in [5, 5.41) is 0. The third kappa shape index (κ3) is 8.07. The van der Waals surface area contributed by atoms with Crippen molar-refractivity contribution in [3.05, 3.63) is 48.5 Å². The maximum Gasteiger partial charge on any atom is 0.119 e. The monoisotopic (exact) mass is 462 g/mol. The van der Waals surface area contributed by atoms with Crippen LogP contribution in [-0.4, -0.2) is 13.2 Å². The molecule has 4 rings (SSSR count). The Hall–Kier alpha value is -1.96. The molecule has 2 heteroatoms. The first-order valence-electron chi connectivity index (χ1n) is 14.1. The molecule has 2 aliphatic carbocycles. The van der Waals surface area contributed by atoms with Crippen LogP contribution in [0.2, 0.25) is 0 Å². The topological polar surface area (TPSA) is 18.5 Å². The molecular weight excluding hydrogens is 416 g/mol.